The van der Waals surface area contributed by atoms with Crippen LogP contribution in [-0.4, -0.2) is 29.9 Å². The third-order valence-electron chi connectivity index (χ3n) is 10.3. The number of pyridine rings is 3. The summed E-state index contributed by atoms with van der Waals surface area (Å²) >= 11 is 0. The molecule has 0 fully saturated rings. The lowest BCUT2D eigenvalue weighted by atomic mass is 9.91. The zero-order valence-corrected chi connectivity index (χ0v) is 31.3. The van der Waals surface area contributed by atoms with Gasteiger partial charge in [0.2, 0.25) is 0 Å². The Kier molecular flexibility index (Phi) is 9.10. The summed E-state index contributed by atoms with van der Waals surface area (Å²) in [4.78, 5) is 28.8. The van der Waals surface area contributed by atoms with Gasteiger partial charge in [-0.2, -0.15) is 0 Å². The lowest BCUT2D eigenvalue weighted by Crippen LogP contribution is -2.00. The van der Waals surface area contributed by atoms with Crippen molar-refractivity contribution in [1.82, 2.24) is 29.9 Å². The number of benzene rings is 6. The van der Waals surface area contributed by atoms with Crippen LogP contribution in [0.5, 0.6) is 0 Å². The molecule has 6 nitrogen and oxygen atoms in total. The number of fused-ring (bicyclic) bond motifs is 1. The molecule has 10 rings (SSSR count). The van der Waals surface area contributed by atoms with Crippen molar-refractivity contribution >= 4 is 10.8 Å². The van der Waals surface area contributed by atoms with E-state index in [-0.39, 0.29) is 0 Å². The zero-order valence-electron chi connectivity index (χ0n) is 31.3. The fraction of sp³-hybridized carbons (Fsp3) is 0. The lowest BCUT2D eigenvalue weighted by Gasteiger charge is -2.14. The van der Waals surface area contributed by atoms with Crippen molar-refractivity contribution in [3.8, 4) is 90.3 Å². The van der Waals surface area contributed by atoms with E-state index in [2.05, 4.69) is 107 Å². The first kappa shape index (κ1) is 34.5. The van der Waals surface area contributed by atoms with Gasteiger partial charge in [0.1, 0.15) is 0 Å². The second-order valence-corrected chi connectivity index (χ2v) is 14.0. The van der Waals surface area contributed by atoms with Gasteiger partial charge < -0.3 is 0 Å². The summed E-state index contributed by atoms with van der Waals surface area (Å²) < 4.78 is 0. The molecule has 0 saturated carbocycles. The Morgan fingerprint density at radius 1 is 0.241 bits per heavy atom. The van der Waals surface area contributed by atoms with Crippen LogP contribution in [0.25, 0.3) is 101 Å². The maximum absolute atomic E-state index is 4.95. The summed E-state index contributed by atoms with van der Waals surface area (Å²) in [5.74, 6) is 1.93. The molecule has 6 heteroatoms. The highest BCUT2D eigenvalue weighted by Crippen LogP contribution is 2.38. The van der Waals surface area contributed by atoms with Gasteiger partial charge in [-0.15, -0.1) is 0 Å². The minimum absolute atomic E-state index is 0.635. The third kappa shape index (κ3) is 6.91. The van der Waals surface area contributed by atoms with Gasteiger partial charge in [0.25, 0.3) is 0 Å². The zero-order chi connectivity index (χ0) is 38.7. The van der Waals surface area contributed by atoms with Gasteiger partial charge >= 0.3 is 0 Å². The second-order valence-electron chi connectivity index (χ2n) is 14.0. The average Bonchev–Trinajstić information content (AvgIpc) is 3.32. The van der Waals surface area contributed by atoms with Crippen molar-refractivity contribution in [2.45, 2.75) is 0 Å². The fourth-order valence-corrected chi connectivity index (χ4v) is 7.37. The Morgan fingerprint density at radius 2 is 0.621 bits per heavy atom. The van der Waals surface area contributed by atoms with Crippen LogP contribution in [0.4, 0.5) is 0 Å². The molecule has 0 aliphatic rings. The van der Waals surface area contributed by atoms with Gasteiger partial charge in [0, 0.05) is 29.1 Å². The number of aromatic nitrogens is 6. The summed E-state index contributed by atoms with van der Waals surface area (Å²) in [6, 6.07) is 66.5. The van der Waals surface area contributed by atoms with E-state index in [1.54, 1.807) is 12.4 Å². The summed E-state index contributed by atoms with van der Waals surface area (Å²) in [7, 11) is 0. The van der Waals surface area contributed by atoms with Crippen LogP contribution >= 0.6 is 0 Å². The van der Waals surface area contributed by atoms with E-state index >= 15 is 0 Å². The third-order valence-corrected chi connectivity index (χ3v) is 10.3. The van der Waals surface area contributed by atoms with Crippen LogP contribution in [0.1, 0.15) is 0 Å². The van der Waals surface area contributed by atoms with Gasteiger partial charge in [0.15, 0.2) is 17.5 Å². The molecule has 0 aliphatic heterocycles. The monoisotopic (exact) mass is 742 g/mol. The molecule has 4 aromatic heterocycles. The standard InChI is InChI=1S/C52H34N6/c1-3-13-38(14-4-1)50-56-51(39-15-5-2-6-16-39)58-52(57-50)40-27-25-37(26-28-40)43-30-29-42(44-17-7-8-18-45(43)44)36-23-21-35(22-24-36)41-33-48(46-19-9-11-31-53-46)55-49(34-41)47-20-10-12-32-54-47/h1-34H. The van der Waals surface area contributed by atoms with E-state index in [1.807, 2.05) is 97.1 Å². The minimum Gasteiger partial charge on any atom is -0.255 e. The largest absolute Gasteiger partial charge is 0.255 e. The highest BCUT2D eigenvalue weighted by Gasteiger charge is 2.15. The first-order valence-corrected chi connectivity index (χ1v) is 19.2. The molecular weight excluding hydrogens is 709 g/mol. The average molecular weight is 743 g/mol. The van der Waals surface area contributed by atoms with Gasteiger partial charge in [-0.25, -0.2) is 19.9 Å². The maximum atomic E-state index is 4.95. The summed E-state index contributed by atoms with van der Waals surface area (Å²) in [6.07, 6.45) is 3.59. The second kappa shape index (κ2) is 15.3. The summed E-state index contributed by atoms with van der Waals surface area (Å²) in [5.41, 5.74) is 12.8. The van der Waals surface area contributed by atoms with Crippen LogP contribution in [0, 0.1) is 0 Å². The van der Waals surface area contributed by atoms with Gasteiger partial charge in [-0.1, -0.05) is 158 Å². The number of hydrogen-bond acceptors (Lipinski definition) is 6. The van der Waals surface area contributed by atoms with Crippen molar-refractivity contribution < 1.29 is 0 Å². The molecule has 58 heavy (non-hydrogen) atoms. The molecule has 0 aliphatic carbocycles. The number of rotatable bonds is 8. The predicted molar refractivity (Wildman–Crippen MR) is 234 cm³/mol. The molecule has 0 N–H and O–H groups in total. The van der Waals surface area contributed by atoms with Crippen LogP contribution in [0.15, 0.2) is 207 Å². The van der Waals surface area contributed by atoms with Crippen LogP contribution in [-0.2, 0) is 0 Å². The van der Waals surface area contributed by atoms with Crippen molar-refractivity contribution in [1.29, 1.82) is 0 Å². The van der Waals surface area contributed by atoms with Gasteiger partial charge in [0.05, 0.1) is 22.8 Å². The molecule has 0 bridgehead atoms. The van der Waals surface area contributed by atoms with Crippen molar-refractivity contribution in [2.75, 3.05) is 0 Å². The van der Waals surface area contributed by atoms with E-state index < -0.39 is 0 Å². The Bertz CT molecular complexity index is 2690. The molecule has 0 amide bonds. The molecule has 4 heterocycles. The molecule has 272 valence electrons. The Labute approximate surface area is 336 Å². The Balaban J connectivity index is 0.983. The number of hydrogen-bond donors (Lipinski definition) is 0. The van der Waals surface area contributed by atoms with Crippen LogP contribution < -0.4 is 0 Å². The molecule has 0 saturated heterocycles. The van der Waals surface area contributed by atoms with Crippen molar-refractivity contribution in [3.05, 3.63) is 207 Å². The first-order valence-electron chi connectivity index (χ1n) is 19.2. The fourth-order valence-electron chi connectivity index (χ4n) is 7.37. The van der Waals surface area contributed by atoms with Gasteiger partial charge in [-0.05, 0) is 80.6 Å². The maximum Gasteiger partial charge on any atom is 0.164 e. The normalized spacial score (nSPS) is 11.1. The molecule has 0 atom stereocenters. The van der Waals surface area contributed by atoms with E-state index in [0.29, 0.717) is 17.5 Å². The Hall–Kier alpha value is -7.96. The van der Waals surface area contributed by atoms with E-state index in [4.69, 9.17) is 19.9 Å². The highest BCUT2D eigenvalue weighted by atomic mass is 15.0. The molecule has 0 spiro atoms. The van der Waals surface area contributed by atoms with Crippen molar-refractivity contribution in [2.24, 2.45) is 0 Å². The van der Waals surface area contributed by atoms with Crippen LogP contribution in [0.3, 0.4) is 0 Å². The Morgan fingerprint density at radius 3 is 1.05 bits per heavy atom. The molecule has 10 aromatic rings. The van der Waals surface area contributed by atoms with Gasteiger partial charge in [-0.3, -0.25) is 9.97 Å². The quantitative estimate of drug-likeness (QED) is 0.154. The molecule has 6 aromatic carbocycles. The first-order chi connectivity index (χ1) is 28.7. The van der Waals surface area contributed by atoms with Crippen molar-refractivity contribution in [3.63, 3.8) is 0 Å². The molecular formula is C52H34N6. The van der Waals surface area contributed by atoms with E-state index in [9.17, 15) is 0 Å². The summed E-state index contributed by atoms with van der Waals surface area (Å²) in [6.45, 7) is 0. The van der Waals surface area contributed by atoms with E-state index in [0.717, 1.165) is 67.3 Å². The predicted octanol–water partition coefficient (Wildman–Crippen LogP) is 12.5. The highest BCUT2D eigenvalue weighted by molar-refractivity contribution is 6.05. The lowest BCUT2D eigenvalue weighted by molar-refractivity contribution is 1.07. The SMILES string of the molecule is c1ccc(-c2nc(-c3ccccc3)nc(-c3ccc(-c4ccc(-c5ccc(-c6cc(-c7ccccn7)nc(-c7ccccn7)c6)cc5)c5ccccc45)cc3)n2)cc1. The van der Waals surface area contributed by atoms with Crippen LogP contribution in [0.2, 0.25) is 0 Å². The number of nitrogens with zero attached hydrogens (tertiary/aromatic N) is 6. The minimum atomic E-state index is 0.635. The molecule has 0 unspecified atom stereocenters. The summed E-state index contributed by atoms with van der Waals surface area (Å²) in [5, 5.41) is 2.37. The topological polar surface area (TPSA) is 77.3 Å². The smallest absolute Gasteiger partial charge is 0.164 e. The van der Waals surface area contributed by atoms with E-state index in [1.165, 1.54) is 16.3 Å². The molecule has 0 radical (unpaired) electrons.